The monoisotopic (exact) mass is 265 g/mol. The average molecular weight is 265 g/mol. The second kappa shape index (κ2) is 6.68. The van der Waals surface area contributed by atoms with Crippen LogP contribution in [0.3, 0.4) is 0 Å². The normalized spacial score (nSPS) is 11.4. The Morgan fingerprint density at radius 1 is 1.32 bits per heavy atom. The third kappa shape index (κ3) is 5.01. The van der Waals surface area contributed by atoms with Crippen LogP contribution in [0.2, 0.25) is 0 Å². The van der Waals surface area contributed by atoms with Crippen molar-refractivity contribution in [2.24, 2.45) is 0 Å². The summed E-state index contributed by atoms with van der Waals surface area (Å²) in [7, 11) is 1.62. The molecule has 0 amide bonds. The number of hydrogen-bond acceptors (Lipinski definition) is 4. The van der Waals surface area contributed by atoms with Crippen molar-refractivity contribution in [1.29, 1.82) is 0 Å². The van der Waals surface area contributed by atoms with Crippen molar-refractivity contribution in [1.82, 2.24) is 0 Å². The van der Waals surface area contributed by atoms with Gasteiger partial charge in [0.05, 0.1) is 11.2 Å². The lowest BCUT2D eigenvalue weighted by Gasteiger charge is -2.21. The van der Waals surface area contributed by atoms with Gasteiger partial charge >= 0.3 is 5.97 Å². The van der Waals surface area contributed by atoms with Crippen LogP contribution in [-0.2, 0) is 14.5 Å². The SMILES string of the molecule is COC(C)(C)C[CH]OOC(=O)c1ccc(C)cc1C. The van der Waals surface area contributed by atoms with Crippen LogP contribution in [0.4, 0.5) is 0 Å². The van der Waals surface area contributed by atoms with Crippen molar-refractivity contribution in [3.63, 3.8) is 0 Å². The highest BCUT2D eigenvalue weighted by Crippen LogP contribution is 2.16. The Morgan fingerprint density at radius 2 is 2.00 bits per heavy atom. The van der Waals surface area contributed by atoms with E-state index in [0.29, 0.717) is 12.0 Å². The van der Waals surface area contributed by atoms with Crippen LogP contribution in [0.25, 0.3) is 0 Å². The molecular weight excluding hydrogens is 244 g/mol. The van der Waals surface area contributed by atoms with Crippen LogP contribution in [0, 0.1) is 20.5 Å². The van der Waals surface area contributed by atoms with E-state index < -0.39 is 5.97 Å². The van der Waals surface area contributed by atoms with E-state index in [1.165, 1.54) is 6.61 Å². The van der Waals surface area contributed by atoms with Crippen molar-refractivity contribution in [3.8, 4) is 0 Å². The highest BCUT2D eigenvalue weighted by atomic mass is 17.2. The molecule has 0 aliphatic heterocycles. The van der Waals surface area contributed by atoms with Gasteiger partial charge in [-0.3, -0.25) is 4.89 Å². The van der Waals surface area contributed by atoms with Crippen molar-refractivity contribution < 1.29 is 19.3 Å². The van der Waals surface area contributed by atoms with E-state index in [2.05, 4.69) is 0 Å². The largest absolute Gasteiger partial charge is 0.379 e. The Balaban J connectivity index is 2.44. The molecule has 0 spiro atoms. The Morgan fingerprint density at radius 3 is 2.58 bits per heavy atom. The number of carbonyl (C=O) groups excluding carboxylic acids is 1. The fraction of sp³-hybridized carbons (Fsp3) is 0.467. The molecule has 105 valence electrons. The number of rotatable bonds is 6. The van der Waals surface area contributed by atoms with E-state index in [1.807, 2.05) is 39.8 Å². The summed E-state index contributed by atoms with van der Waals surface area (Å²) in [6, 6.07) is 5.52. The van der Waals surface area contributed by atoms with Gasteiger partial charge in [0, 0.05) is 13.5 Å². The van der Waals surface area contributed by atoms with Crippen molar-refractivity contribution >= 4 is 5.97 Å². The van der Waals surface area contributed by atoms with Crippen molar-refractivity contribution in [3.05, 3.63) is 41.5 Å². The molecule has 0 heterocycles. The summed E-state index contributed by atoms with van der Waals surface area (Å²) in [5, 5.41) is 0. The molecule has 0 aliphatic carbocycles. The maximum Gasteiger partial charge on any atom is 0.373 e. The number of hydrogen-bond donors (Lipinski definition) is 0. The van der Waals surface area contributed by atoms with Gasteiger partial charge in [0.15, 0.2) is 0 Å². The quantitative estimate of drug-likeness (QED) is 0.449. The van der Waals surface area contributed by atoms with Crippen LogP contribution in [-0.4, -0.2) is 18.7 Å². The number of benzene rings is 1. The van der Waals surface area contributed by atoms with E-state index in [-0.39, 0.29) is 5.60 Å². The van der Waals surface area contributed by atoms with Gasteiger partial charge < -0.3 is 4.74 Å². The highest BCUT2D eigenvalue weighted by molar-refractivity contribution is 5.90. The molecule has 0 aromatic heterocycles. The molecule has 1 radical (unpaired) electrons. The molecule has 4 heteroatoms. The lowest BCUT2D eigenvalue weighted by Crippen LogP contribution is -2.23. The molecule has 19 heavy (non-hydrogen) atoms. The zero-order valence-electron chi connectivity index (χ0n) is 12.1. The molecule has 1 aromatic rings. The zero-order chi connectivity index (χ0) is 14.5. The Bertz CT molecular complexity index is 438. The molecule has 0 atom stereocenters. The minimum Gasteiger partial charge on any atom is -0.379 e. The first-order chi connectivity index (χ1) is 8.85. The maximum absolute atomic E-state index is 11.8. The molecule has 0 N–H and O–H groups in total. The highest BCUT2D eigenvalue weighted by Gasteiger charge is 2.17. The Labute approximate surface area is 114 Å². The molecule has 1 rings (SSSR count). The van der Waals surface area contributed by atoms with E-state index >= 15 is 0 Å². The van der Waals surface area contributed by atoms with Gasteiger partial charge in [0.25, 0.3) is 0 Å². The molecular formula is C15H21O4. The number of ether oxygens (including phenoxy) is 1. The third-order valence-corrected chi connectivity index (χ3v) is 2.92. The summed E-state index contributed by atoms with van der Waals surface area (Å²) in [6.07, 6.45) is 0.518. The summed E-state index contributed by atoms with van der Waals surface area (Å²) in [5.41, 5.74) is 2.13. The van der Waals surface area contributed by atoms with Gasteiger partial charge in [-0.1, -0.05) is 17.7 Å². The predicted molar refractivity (Wildman–Crippen MR) is 72.4 cm³/mol. The second-order valence-electron chi connectivity index (χ2n) is 5.12. The molecule has 0 saturated carbocycles. The fourth-order valence-corrected chi connectivity index (χ4v) is 1.48. The molecule has 4 nitrogen and oxygen atoms in total. The van der Waals surface area contributed by atoms with Gasteiger partial charge in [-0.15, -0.1) is 0 Å². The van der Waals surface area contributed by atoms with Gasteiger partial charge in [-0.25, -0.2) is 4.79 Å². The minimum absolute atomic E-state index is 0.341. The first kappa shape index (κ1) is 15.7. The van der Waals surface area contributed by atoms with Gasteiger partial charge in [0.2, 0.25) is 0 Å². The first-order valence-electron chi connectivity index (χ1n) is 6.17. The van der Waals surface area contributed by atoms with Crippen LogP contribution >= 0.6 is 0 Å². The molecule has 0 bridgehead atoms. The Kier molecular flexibility index (Phi) is 5.51. The van der Waals surface area contributed by atoms with E-state index in [9.17, 15) is 4.79 Å². The van der Waals surface area contributed by atoms with E-state index in [1.54, 1.807) is 13.2 Å². The fourth-order valence-electron chi connectivity index (χ4n) is 1.48. The zero-order valence-corrected chi connectivity index (χ0v) is 12.1. The topological polar surface area (TPSA) is 44.8 Å². The number of aryl methyl sites for hydroxylation is 2. The van der Waals surface area contributed by atoms with E-state index in [4.69, 9.17) is 14.5 Å². The molecule has 0 unspecified atom stereocenters. The summed E-state index contributed by atoms with van der Waals surface area (Å²) in [5.74, 6) is -0.496. The summed E-state index contributed by atoms with van der Waals surface area (Å²) < 4.78 is 5.21. The third-order valence-electron chi connectivity index (χ3n) is 2.92. The molecule has 1 aromatic carbocycles. The first-order valence-corrected chi connectivity index (χ1v) is 6.17. The summed E-state index contributed by atoms with van der Waals surface area (Å²) in [4.78, 5) is 21.3. The van der Waals surface area contributed by atoms with Crippen LogP contribution in [0.15, 0.2) is 18.2 Å². The summed E-state index contributed by atoms with van der Waals surface area (Å²) >= 11 is 0. The molecule has 0 saturated heterocycles. The maximum atomic E-state index is 11.8. The van der Waals surface area contributed by atoms with Gasteiger partial charge in [0.1, 0.15) is 6.61 Å². The van der Waals surface area contributed by atoms with E-state index in [0.717, 1.165) is 11.1 Å². The lowest BCUT2D eigenvalue weighted by atomic mass is 10.1. The molecule has 0 fully saturated rings. The van der Waals surface area contributed by atoms with Crippen molar-refractivity contribution in [2.75, 3.05) is 7.11 Å². The number of methoxy groups -OCH3 is 1. The standard InChI is InChI=1S/C15H21O4/c1-11-6-7-13(12(2)10-11)14(16)19-18-9-8-15(3,4)17-5/h6-7,9-10H,8H2,1-5H3. The van der Waals surface area contributed by atoms with Crippen LogP contribution in [0.1, 0.15) is 41.8 Å². The van der Waals surface area contributed by atoms with Crippen LogP contribution < -0.4 is 0 Å². The van der Waals surface area contributed by atoms with Gasteiger partial charge in [-0.2, -0.15) is 4.89 Å². The average Bonchev–Trinajstić information content (AvgIpc) is 2.34. The number of carbonyl (C=O) groups is 1. The predicted octanol–water partition coefficient (Wildman–Crippen LogP) is 3.37. The van der Waals surface area contributed by atoms with Crippen molar-refractivity contribution in [2.45, 2.75) is 39.7 Å². The Hall–Kier alpha value is -1.39. The molecule has 0 aliphatic rings. The second-order valence-corrected chi connectivity index (χ2v) is 5.12. The summed E-state index contributed by atoms with van der Waals surface area (Å²) in [6.45, 7) is 9.09. The van der Waals surface area contributed by atoms with Gasteiger partial charge in [-0.05, 0) is 39.3 Å². The van der Waals surface area contributed by atoms with Crippen LogP contribution in [0.5, 0.6) is 0 Å². The lowest BCUT2D eigenvalue weighted by molar-refractivity contribution is -0.218. The smallest absolute Gasteiger partial charge is 0.373 e. The minimum atomic E-state index is -0.496.